The van der Waals surface area contributed by atoms with Crippen molar-refractivity contribution < 1.29 is 8.81 Å². The van der Waals surface area contributed by atoms with Gasteiger partial charge in [0.1, 0.15) is 17.3 Å². The summed E-state index contributed by atoms with van der Waals surface area (Å²) < 4.78 is 18.4. The molecule has 0 aliphatic carbocycles. The van der Waals surface area contributed by atoms with E-state index in [2.05, 4.69) is 4.98 Å². The summed E-state index contributed by atoms with van der Waals surface area (Å²) in [5, 5.41) is 0.0285. The van der Waals surface area contributed by atoms with Crippen LogP contribution in [0, 0.1) is 12.7 Å². The predicted octanol–water partition coefficient (Wildman–Crippen LogP) is 3.44. The van der Waals surface area contributed by atoms with Gasteiger partial charge in [0.05, 0.1) is 0 Å². The van der Waals surface area contributed by atoms with E-state index in [4.69, 9.17) is 16.0 Å². The van der Waals surface area contributed by atoms with Crippen LogP contribution in [-0.4, -0.2) is 4.98 Å². The first-order valence-corrected chi connectivity index (χ1v) is 4.44. The van der Waals surface area contributed by atoms with Gasteiger partial charge >= 0.3 is 0 Å². The second-order valence-electron chi connectivity index (χ2n) is 2.85. The summed E-state index contributed by atoms with van der Waals surface area (Å²) in [6.45, 7) is 1.70. The van der Waals surface area contributed by atoms with Crippen molar-refractivity contribution in [3.05, 3.63) is 41.2 Å². The topological polar surface area (TPSA) is 26.0 Å². The largest absolute Gasteiger partial charge is 0.432 e. The fourth-order valence-electron chi connectivity index (χ4n) is 1.27. The van der Waals surface area contributed by atoms with Crippen LogP contribution in [0.1, 0.15) is 5.76 Å². The van der Waals surface area contributed by atoms with Gasteiger partial charge in [-0.25, -0.2) is 4.39 Å². The van der Waals surface area contributed by atoms with E-state index < -0.39 is 0 Å². The smallest absolute Gasteiger partial charge is 0.292 e. The predicted molar refractivity (Wildman–Crippen MR) is 51.6 cm³/mol. The van der Waals surface area contributed by atoms with Crippen molar-refractivity contribution in [1.29, 1.82) is 0 Å². The summed E-state index contributed by atoms with van der Waals surface area (Å²) in [4.78, 5) is 3.90. The maximum atomic E-state index is 13.3. The Balaban J connectivity index is 2.60. The monoisotopic (exact) mass is 211 g/mol. The minimum absolute atomic E-state index is 0.0285. The number of aryl methyl sites for hydroxylation is 1. The third kappa shape index (κ3) is 1.51. The van der Waals surface area contributed by atoms with Gasteiger partial charge in [-0.2, -0.15) is 4.98 Å². The molecule has 1 aromatic heterocycles. The zero-order chi connectivity index (χ0) is 10.1. The molecule has 0 saturated heterocycles. The van der Waals surface area contributed by atoms with Gasteiger partial charge in [-0.15, -0.1) is 0 Å². The zero-order valence-corrected chi connectivity index (χ0v) is 8.18. The molecule has 4 heteroatoms. The van der Waals surface area contributed by atoms with E-state index in [9.17, 15) is 4.39 Å². The maximum Gasteiger partial charge on any atom is 0.292 e. The van der Waals surface area contributed by atoms with Gasteiger partial charge in [-0.05, 0) is 30.7 Å². The molecule has 0 N–H and O–H groups in total. The highest BCUT2D eigenvalue weighted by atomic mass is 35.5. The molecule has 0 unspecified atom stereocenters. The third-order valence-electron chi connectivity index (χ3n) is 1.90. The summed E-state index contributed by atoms with van der Waals surface area (Å²) in [5.74, 6) is 0.181. The summed E-state index contributed by atoms with van der Waals surface area (Å²) in [7, 11) is 0. The van der Waals surface area contributed by atoms with Crippen molar-refractivity contribution in [2.75, 3.05) is 0 Å². The molecular weight excluding hydrogens is 205 g/mol. The molecule has 0 fully saturated rings. The summed E-state index contributed by atoms with van der Waals surface area (Å²) in [5.41, 5.74) is 0.855. The number of oxazole rings is 1. The van der Waals surface area contributed by atoms with Crippen molar-refractivity contribution in [2.24, 2.45) is 0 Å². The van der Waals surface area contributed by atoms with E-state index in [1.54, 1.807) is 25.1 Å². The molecule has 0 amide bonds. The molecule has 1 aromatic carbocycles. The Bertz CT molecular complexity index is 467. The summed E-state index contributed by atoms with van der Waals surface area (Å²) in [6, 6.07) is 6.37. The number of hydrogen-bond donors (Lipinski definition) is 0. The van der Waals surface area contributed by atoms with Gasteiger partial charge in [0.25, 0.3) is 5.35 Å². The fourth-order valence-corrected chi connectivity index (χ4v) is 1.47. The molecule has 2 nitrogen and oxygen atoms in total. The Morgan fingerprint density at radius 2 is 2.07 bits per heavy atom. The van der Waals surface area contributed by atoms with Crippen LogP contribution in [0.25, 0.3) is 11.3 Å². The first-order valence-electron chi connectivity index (χ1n) is 4.06. The minimum atomic E-state index is -0.333. The van der Waals surface area contributed by atoms with Crippen LogP contribution in [0.15, 0.2) is 28.7 Å². The Labute approximate surface area is 85.3 Å². The number of halogens is 2. The van der Waals surface area contributed by atoms with E-state index >= 15 is 0 Å². The molecule has 0 aliphatic rings. The highest BCUT2D eigenvalue weighted by Gasteiger charge is 2.13. The molecule has 2 rings (SSSR count). The number of nitrogens with zero attached hydrogens (tertiary/aromatic N) is 1. The lowest BCUT2D eigenvalue weighted by molar-refractivity contribution is 0.529. The van der Waals surface area contributed by atoms with E-state index in [1.807, 2.05) is 0 Å². The molecule has 0 bridgehead atoms. The van der Waals surface area contributed by atoms with Crippen molar-refractivity contribution >= 4 is 11.6 Å². The van der Waals surface area contributed by atoms with Gasteiger partial charge in [-0.3, -0.25) is 0 Å². The Morgan fingerprint density at radius 1 is 1.36 bits per heavy atom. The minimum Gasteiger partial charge on any atom is -0.432 e. The van der Waals surface area contributed by atoms with Crippen molar-refractivity contribution in [2.45, 2.75) is 6.92 Å². The van der Waals surface area contributed by atoms with Crippen LogP contribution in [-0.2, 0) is 0 Å². The van der Waals surface area contributed by atoms with E-state index in [-0.39, 0.29) is 11.2 Å². The highest BCUT2D eigenvalue weighted by molar-refractivity contribution is 6.27. The molecular formula is C10H7ClFNO. The highest BCUT2D eigenvalue weighted by Crippen LogP contribution is 2.27. The summed E-state index contributed by atoms with van der Waals surface area (Å²) in [6.07, 6.45) is 0. The van der Waals surface area contributed by atoms with Crippen LogP contribution in [0.5, 0.6) is 0 Å². The molecule has 0 aliphatic heterocycles. The third-order valence-corrected chi connectivity index (χ3v) is 2.06. The van der Waals surface area contributed by atoms with Crippen LogP contribution < -0.4 is 0 Å². The molecule has 14 heavy (non-hydrogen) atoms. The Kier molecular flexibility index (Phi) is 2.25. The number of rotatable bonds is 1. The lowest BCUT2D eigenvalue weighted by Gasteiger charge is -1.97. The van der Waals surface area contributed by atoms with E-state index in [1.165, 1.54) is 6.07 Å². The molecule has 0 radical (unpaired) electrons. The quantitative estimate of drug-likeness (QED) is 0.722. The molecule has 0 spiro atoms. The summed E-state index contributed by atoms with van der Waals surface area (Å²) >= 11 is 5.57. The van der Waals surface area contributed by atoms with Gasteiger partial charge in [0.2, 0.25) is 0 Å². The number of aromatic nitrogens is 1. The second-order valence-corrected chi connectivity index (χ2v) is 3.17. The van der Waals surface area contributed by atoms with Gasteiger partial charge in [-0.1, -0.05) is 12.1 Å². The molecule has 2 aromatic rings. The lowest BCUT2D eigenvalue weighted by Crippen LogP contribution is -1.85. The Morgan fingerprint density at radius 3 is 2.64 bits per heavy atom. The molecule has 72 valence electrons. The fraction of sp³-hybridized carbons (Fsp3) is 0.100. The first-order chi connectivity index (χ1) is 6.68. The molecule has 0 atom stereocenters. The molecule has 1 heterocycles. The van der Waals surface area contributed by atoms with Crippen molar-refractivity contribution in [3.63, 3.8) is 0 Å². The standard InChI is InChI=1S/C10H7ClFNO/c1-6-9(13-10(11)14-6)7-4-2-3-5-8(7)12/h2-5H,1H3. The van der Waals surface area contributed by atoms with E-state index in [0.29, 0.717) is 17.0 Å². The first kappa shape index (κ1) is 9.21. The van der Waals surface area contributed by atoms with Gasteiger partial charge in [0.15, 0.2) is 0 Å². The maximum absolute atomic E-state index is 13.3. The van der Waals surface area contributed by atoms with Gasteiger partial charge in [0, 0.05) is 5.56 Å². The van der Waals surface area contributed by atoms with Crippen molar-refractivity contribution in [3.8, 4) is 11.3 Å². The lowest BCUT2D eigenvalue weighted by atomic mass is 10.1. The SMILES string of the molecule is Cc1oc(Cl)nc1-c1ccccc1F. The van der Waals surface area contributed by atoms with E-state index in [0.717, 1.165) is 0 Å². The molecule has 0 saturated carbocycles. The average molecular weight is 212 g/mol. The zero-order valence-electron chi connectivity index (χ0n) is 7.42. The number of benzene rings is 1. The van der Waals surface area contributed by atoms with Gasteiger partial charge < -0.3 is 4.42 Å². The normalized spacial score (nSPS) is 10.5. The van der Waals surface area contributed by atoms with Crippen LogP contribution in [0.2, 0.25) is 5.35 Å². The van der Waals surface area contributed by atoms with Crippen LogP contribution in [0.3, 0.4) is 0 Å². The Hall–Kier alpha value is -1.35. The van der Waals surface area contributed by atoms with Crippen LogP contribution >= 0.6 is 11.6 Å². The second kappa shape index (κ2) is 3.42. The average Bonchev–Trinajstić information content (AvgIpc) is 2.46. The van der Waals surface area contributed by atoms with Crippen molar-refractivity contribution in [1.82, 2.24) is 4.98 Å². The number of hydrogen-bond acceptors (Lipinski definition) is 2. The van der Waals surface area contributed by atoms with Crippen LogP contribution in [0.4, 0.5) is 4.39 Å².